The molecule has 1 amide bonds. The Morgan fingerprint density at radius 1 is 1.15 bits per heavy atom. The Bertz CT molecular complexity index is 1200. The minimum atomic E-state index is -0.944. The van der Waals surface area contributed by atoms with Gasteiger partial charge in [0, 0.05) is 18.7 Å². The van der Waals surface area contributed by atoms with E-state index in [4.69, 9.17) is 11.6 Å². The molecule has 1 heterocycles. The fraction of sp³-hybridized carbons (Fsp3) is 0.360. The van der Waals surface area contributed by atoms with Gasteiger partial charge in [0.25, 0.3) is 5.91 Å². The van der Waals surface area contributed by atoms with Crippen LogP contribution in [0, 0.1) is 23.5 Å². The van der Waals surface area contributed by atoms with Gasteiger partial charge in [-0.15, -0.1) is 0 Å². The number of benzene rings is 2. The molecular weight excluding hydrogens is 448 g/mol. The molecule has 2 saturated carbocycles. The summed E-state index contributed by atoms with van der Waals surface area (Å²) in [6, 6.07) is 10.1. The van der Waals surface area contributed by atoms with Gasteiger partial charge in [0.1, 0.15) is 17.3 Å². The number of carbonyl (C=O) groups excluding carboxylic acids is 1. The molecule has 0 bridgehead atoms. The summed E-state index contributed by atoms with van der Waals surface area (Å²) >= 11 is 5.83. The van der Waals surface area contributed by atoms with Crippen molar-refractivity contribution < 1.29 is 18.7 Å². The number of halogens is 3. The Morgan fingerprint density at radius 3 is 2.45 bits per heavy atom. The number of hydrogen-bond acceptors (Lipinski definition) is 3. The summed E-state index contributed by atoms with van der Waals surface area (Å²) in [6.07, 6.45) is 4.51. The summed E-state index contributed by atoms with van der Waals surface area (Å²) < 4.78 is 28.4. The number of fused-ring (bicyclic) bond motifs is 1. The summed E-state index contributed by atoms with van der Waals surface area (Å²) in [5.41, 5.74) is 1.43. The van der Waals surface area contributed by atoms with Gasteiger partial charge < -0.3 is 15.0 Å². The van der Waals surface area contributed by atoms with Crippen LogP contribution in [0.15, 0.2) is 48.8 Å². The number of nitrogens with zero attached hydrogens (tertiary/aromatic N) is 2. The second-order valence-corrected chi connectivity index (χ2v) is 9.71. The second kappa shape index (κ2) is 8.22. The van der Waals surface area contributed by atoms with Crippen LogP contribution in [0.5, 0.6) is 0 Å². The van der Waals surface area contributed by atoms with Crippen molar-refractivity contribution in [1.82, 2.24) is 9.55 Å². The predicted molar refractivity (Wildman–Crippen MR) is 121 cm³/mol. The van der Waals surface area contributed by atoms with E-state index in [-0.39, 0.29) is 22.7 Å². The third kappa shape index (κ3) is 4.04. The molecule has 2 fully saturated rings. The van der Waals surface area contributed by atoms with E-state index < -0.39 is 11.4 Å². The minimum absolute atomic E-state index is 0.0599. The number of carbonyl (C=O) groups is 1. The number of nitrogens with one attached hydrogen (secondary N) is 1. The molecule has 0 spiro atoms. The molecule has 2 aromatic carbocycles. The summed E-state index contributed by atoms with van der Waals surface area (Å²) in [7, 11) is 1.77. The van der Waals surface area contributed by atoms with Gasteiger partial charge >= 0.3 is 0 Å². The lowest BCUT2D eigenvalue weighted by atomic mass is 9.87. The quantitative estimate of drug-likeness (QED) is 0.535. The van der Waals surface area contributed by atoms with Crippen molar-refractivity contribution in [1.29, 1.82) is 0 Å². The van der Waals surface area contributed by atoms with Crippen LogP contribution in [0.1, 0.15) is 53.3 Å². The lowest BCUT2D eigenvalue weighted by Crippen LogP contribution is -2.23. The van der Waals surface area contributed by atoms with E-state index >= 15 is 0 Å². The summed E-state index contributed by atoms with van der Waals surface area (Å²) in [6.45, 7) is 0. The summed E-state index contributed by atoms with van der Waals surface area (Å²) in [5.74, 6) is -0.472. The Kier molecular flexibility index (Phi) is 5.49. The molecule has 1 aromatic heterocycles. The van der Waals surface area contributed by atoms with Crippen molar-refractivity contribution in [3.8, 4) is 0 Å². The fourth-order valence-electron chi connectivity index (χ4n) is 5.67. The molecule has 2 atom stereocenters. The highest BCUT2D eigenvalue weighted by molar-refractivity contribution is 6.31. The van der Waals surface area contributed by atoms with E-state index in [9.17, 15) is 18.7 Å². The smallest absolute Gasteiger partial charge is 0.274 e. The lowest BCUT2D eigenvalue weighted by molar-refractivity contribution is 0.0344. The van der Waals surface area contributed by atoms with E-state index in [2.05, 4.69) is 10.3 Å². The van der Waals surface area contributed by atoms with Gasteiger partial charge in [-0.2, -0.15) is 0 Å². The zero-order valence-corrected chi connectivity index (χ0v) is 18.8. The maximum absolute atomic E-state index is 13.4. The molecular formula is C25H24ClF2N3O2. The van der Waals surface area contributed by atoms with Crippen LogP contribution in [-0.4, -0.2) is 20.6 Å². The number of anilines is 1. The zero-order chi connectivity index (χ0) is 23.3. The number of hydrogen-bond donors (Lipinski definition) is 2. The number of aliphatic hydroxyl groups is 1. The molecule has 3 aromatic rings. The molecule has 0 radical (unpaired) electrons. The molecule has 8 heteroatoms. The number of amides is 1. The average molecular weight is 472 g/mol. The highest BCUT2D eigenvalue weighted by Gasteiger charge is 2.50. The first kappa shape index (κ1) is 22.0. The fourth-order valence-corrected chi connectivity index (χ4v) is 5.85. The van der Waals surface area contributed by atoms with Crippen molar-refractivity contribution in [2.24, 2.45) is 18.9 Å². The highest BCUT2D eigenvalue weighted by atomic mass is 35.5. The average Bonchev–Trinajstić information content (AvgIpc) is 3.42. The minimum Gasteiger partial charge on any atom is -0.385 e. The van der Waals surface area contributed by atoms with Gasteiger partial charge in [-0.1, -0.05) is 23.7 Å². The number of imidazole rings is 1. The van der Waals surface area contributed by atoms with Crippen LogP contribution in [-0.2, 0) is 12.6 Å². The molecule has 2 unspecified atom stereocenters. The third-order valence-electron chi connectivity index (χ3n) is 7.17. The topological polar surface area (TPSA) is 67.1 Å². The van der Waals surface area contributed by atoms with E-state index in [1.807, 2.05) is 0 Å². The molecule has 172 valence electrons. The SMILES string of the molecule is Cn1cnc(C2CC3CC(O)(c4ccc(F)cc4)CC3C2)c1C(=O)Nc1ccc(F)c(Cl)c1. The molecule has 0 aliphatic heterocycles. The predicted octanol–water partition coefficient (Wildman–Crippen LogP) is 5.40. The first-order valence-corrected chi connectivity index (χ1v) is 11.4. The van der Waals surface area contributed by atoms with E-state index in [1.165, 1.54) is 30.3 Å². The molecule has 5 rings (SSSR count). The van der Waals surface area contributed by atoms with Gasteiger partial charge in [-0.25, -0.2) is 13.8 Å². The maximum atomic E-state index is 13.4. The summed E-state index contributed by atoms with van der Waals surface area (Å²) in [4.78, 5) is 17.6. The Morgan fingerprint density at radius 2 is 1.82 bits per heavy atom. The van der Waals surface area contributed by atoms with Crippen LogP contribution in [0.2, 0.25) is 5.02 Å². The highest BCUT2D eigenvalue weighted by Crippen LogP contribution is 2.56. The Hall–Kier alpha value is -2.77. The van der Waals surface area contributed by atoms with E-state index in [0.29, 0.717) is 36.1 Å². The Balaban J connectivity index is 1.32. The van der Waals surface area contributed by atoms with E-state index in [1.54, 1.807) is 30.1 Å². The molecule has 0 saturated heterocycles. The van der Waals surface area contributed by atoms with Crippen molar-refractivity contribution in [2.45, 2.75) is 37.2 Å². The molecule has 5 nitrogen and oxygen atoms in total. The van der Waals surface area contributed by atoms with Crippen molar-refractivity contribution in [2.75, 3.05) is 5.32 Å². The molecule has 2 aliphatic rings. The number of aromatic nitrogens is 2. The summed E-state index contributed by atoms with van der Waals surface area (Å²) in [5, 5.41) is 14.0. The van der Waals surface area contributed by atoms with Crippen LogP contribution in [0.3, 0.4) is 0 Å². The van der Waals surface area contributed by atoms with Crippen molar-refractivity contribution >= 4 is 23.2 Å². The van der Waals surface area contributed by atoms with Gasteiger partial charge in [0.05, 0.1) is 22.6 Å². The molecule has 33 heavy (non-hydrogen) atoms. The standard InChI is InChI=1S/C25H24ClF2N3O2/c1-31-13-29-22(23(31)24(32)30-19-6-7-21(28)20(26)10-19)14-8-15-11-25(33,12-16(15)9-14)17-2-4-18(27)5-3-17/h2-7,10,13-16,33H,8-9,11-12H2,1H3,(H,30,32). The largest absolute Gasteiger partial charge is 0.385 e. The number of rotatable bonds is 4. The second-order valence-electron chi connectivity index (χ2n) is 9.31. The van der Waals surface area contributed by atoms with Crippen molar-refractivity contribution in [3.63, 3.8) is 0 Å². The van der Waals surface area contributed by atoms with Crippen LogP contribution < -0.4 is 5.32 Å². The van der Waals surface area contributed by atoms with Crippen molar-refractivity contribution in [3.05, 3.63) is 82.4 Å². The van der Waals surface area contributed by atoms with Gasteiger partial charge in [-0.05, 0) is 73.4 Å². The van der Waals surface area contributed by atoms with Crippen LogP contribution >= 0.6 is 11.6 Å². The van der Waals surface area contributed by atoms with Crippen LogP contribution in [0.4, 0.5) is 14.5 Å². The third-order valence-corrected chi connectivity index (χ3v) is 7.46. The van der Waals surface area contributed by atoms with Gasteiger partial charge in [-0.3, -0.25) is 4.79 Å². The zero-order valence-electron chi connectivity index (χ0n) is 18.1. The first-order valence-electron chi connectivity index (χ1n) is 11.0. The molecule has 2 N–H and O–H groups in total. The first-order chi connectivity index (χ1) is 15.7. The monoisotopic (exact) mass is 471 g/mol. The normalized spacial score (nSPS) is 26.4. The Labute approximate surface area is 195 Å². The molecule has 2 aliphatic carbocycles. The van der Waals surface area contributed by atoms with E-state index in [0.717, 1.165) is 24.1 Å². The lowest BCUT2D eigenvalue weighted by Gasteiger charge is -2.25. The van der Waals surface area contributed by atoms with Gasteiger partial charge in [0.15, 0.2) is 0 Å². The number of aryl methyl sites for hydroxylation is 1. The maximum Gasteiger partial charge on any atom is 0.274 e. The van der Waals surface area contributed by atoms with Crippen LogP contribution in [0.25, 0.3) is 0 Å². The van der Waals surface area contributed by atoms with Gasteiger partial charge in [0.2, 0.25) is 0 Å².